The molecule has 4 heterocycles. The molecule has 52 heavy (non-hydrogen) atoms. The molecule has 3 aromatic rings. The number of nitrogens with two attached hydrogens (primary N) is 1. The molecule has 5 rings (SSSR count). The second-order valence-corrected chi connectivity index (χ2v) is 13.4. The van der Waals surface area contributed by atoms with Gasteiger partial charge in [0.05, 0.1) is 31.5 Å². The average Bonchev–Trinajstić information content (AvgIpc) is 3.64. The summed E-state index contributed by atoms with van der Waals surface area (Å²) in [6.45, 7) is -0.518. The van der Waals surface area contributed by atoms with E-state index in [1.54, 1.807) is 0 Å². The lowest BCUT2D eigenvalue weighted by molar-refractivity contribution is -0.288. The van der Waals surface area contributed by atoms with Gasteiger partial charge in [-0.2, -0.15) is 4.98 Å². The summed E-state index contributed by atoms with van der Waals surface area (Å²) >= 11 is 0. The van der Waals surface area contributed by atoms with E-state index in [1.165, 1.54) is 36.5 Å². The van der Waals surface area contributed by atoms with Gasteiger partial charge >= 0.3 is 19.5 Å². The lowest BCUT2D eigenvalue weighted by Crippen LogP contribution is -2.67. The molecule has 0 bridgehead atoms. The zero-order valence-electron chi connectivity index (χ0n) is 26.9. The van der Waals surface area contributed by atoms with Gasteiger partial charge in [-0.15, -0.1) is 5.10 Å². The summed E-state index contributed by atoms with van der Waals surface area (Å²) in [7, 11) is -5.59. The third-order valence-corrected chi connectivity index (χ3v) is 9.18. The molecule has 1 aromatic carbocycles. The molecule has 284 valence electrons. The van der Waals surface area contributed by atoms with Crippen LogP contribution in [0, 0.1) is 5.82 Å². The van der Waals surface area contributed by atoms with E-state index in [0.717, 1.165) is 22.4 Å². The molecular weight excluding hydrogens is 724 g/mol. The Balaban J connectivity index is 1.31. The van der Waals surface area contributed by atoms with Crippen molar-refractivity contribution in [3.8, 4) is 11.3 Å². The van der Waals surface area contributed by atoms with Crippen LogP contribution in [-0.2, 0) is 39.2 Å². The summed E-state index contributed by atoms with van der Waals surface area (Å²) in [6, 6.07) is 4.81. The lowest BCUT2D eigenvalue weighted by Gasteiger charge is -2.46. The number of aliphatic carboxylic acids is 1. The van der Waals surface area contributed by atoms with Crippen molar-refractivity contribution in [3.05, 3.63) is 59.0 Å². The van der Waals surface area contributed by atoms with E-state index in [-0.39, 0.29) is 11.5 Å². The number of benzene rings is 1. The van der Waals surface area contributed by atoms with Crippen molar-refractivity contribution in [1.29, 1.82) is 0 Å². The van der Waals surface area contributed by atoms with Gasteiger partial charge in [-0.1, -0.05) is 5.21 Å². The molecule has 0 spiro atoms. The van der Waals surface area contributed by atoms with Crippen LogP contribution in [0.1, 0.15) is 19.6 Å². The lowest BCUT2D eigenvalue weighted by atomic mass is 9.88. The third kappa shape index (κ3) is 8.51. The predicted octanol–water partition coefficient (Wildman–Crippen LogP) is -3.17. The summed E-state index contributed by atoms with van der Waals surface area (Å²) in [5.74, 6) is -6.76. The molecule has 2 aliphatic rings. The van der Waals surface area contributed by atoms with Gasteiger partial charge in [0.25, 0.3) is 5.79 Å². The van der Waals surface area contributed by atoms with Gasteiger partial charge in [0, 0.05) is 25.1 Å². The molecule has 2 aromatic heterocycles. The molecule has 2 aliphatic heterocycles. The van der Waals surface area contributed by atoms with Crippen LogP contribution >= 0.6 is 7.82 Å². The number of ether oxygens (including phenoxy) is 2. The number of nitrogens with one attached hydrogen (secondary N) is 1. The van der Waals surface area contributed by atoms with Crippen LogP contribution in [0.5, 0.6) is 0 Å². The Kier molecular flexibility index (Phi) is 11.5. The minimum atomic E-state index is -5.59. The number of nitrogens with zero attached hydrogens (tertiary/aromatic N) is 5. The highest BCUT2D eigenvalue weighted by molar-refractivity contribution is 7.47. The molecule has 1 unspecified atom stereocenters. The second kappa shape index (κ2) is 15.4. The molecule has 2 fully saturated rings. The summed E-state index contributed by atoms with van der Waals surface area (Å²) in [5, 5.41) is 74.1. The number of nitrogen functional groups attached to an aromatic ring is 1. The normalized spacial score (nSPS) is 30.0. The number of halogens is 1. The van der Waals surface area contributed by atoms with Crippen molar-refractivity contribution >= 4 is 25.5 Å². The van der Waals surface area contributed by atoms with E-state index in [0.29, 0.717) is 5.56 Å². The highest BCUT2D eigenvalue weighted by Gasteiger charge is 2.59. The van der Waals surface area contributed by atoms with E-state index in [2.05, 4.69) is 20.6 Å². The molecule has 10 N–H and O–H groups in total. The number of carboxylic acids is 1. The Morgan fingerprint density at radius 1 is 1.19 bits per heavy atom. The van der Waals surface area contributed by atoms with Crippen LogP contribution in [0.25, 0.3) is 11.3 Å². The first-order valence-electron chi connectivity index (χ1n) is 15.3. The van der Waals surface area contributed by atoms with Gasteiger partial charge in [0.15, 0.2) is 6.23 Å². The van der Waals surface area contributed by atoms with Crippen molar-refractivity contribution in [2.45, 2.75) is 80.7 Å². The number of amides is 1. The fourth-order valence-corrected chi connectivity index (χ4v) is 6.61. The van der Waals surface area contributed by atoms with E-state index < -0.39 is 112 Å². The van der Waals surface area contributed by atoms with Gasteiger partial charge < -0.3 is 56.1 Å². The Hall–Kier alpha value is -4.26. The minimum absolute atomic E-state index is 0.144. The van der Waals surface area contributed by atoms with E-state index in [1.807, 2.05) is 0 Å². The molecule has 11 atom stereocenters. The van der Waals surface area contributed by atoms with Gasteiger partial charge in [-0.25, -0.2) is 27.8 Å². The zero-order valence-corrected chi connectivity index (χ0v) is 27.8. The quantitative estimate of drug-likeness (QED) is 0.0776. The smallest absolute Gasteiger partial charge is 0.475 e. The molecular formula is C28H35FN7O15P. The molecule has 2 saturated heterocycles. The van der Waals surface area contributed by atoms with Crippen molar-refractivity contribution in [3.63, 3.8) is 0 Å². The number of phosphoric ester groups is 1. The number of anilines is 1. The SMILES string of the molecule is CC(=O)N[C@H]1[C@H]([C@H](O)[C@H](O)Cn2cc(-c3ccc(F)cc3)nn2)O[C@](OP(=O)(O)OC[C@H]2O[C@@H](n3ccc(N)nc3=O)[C@H](O)[C@@H]2O)(C(=O)O)C[C@@H]1O. The van der Waals surface area contributed by atoms with E-state index in [9.17, 15) is 58.9 Å². The average molecular weight is 760 g/mol. The van der Waals surface area contributed by atoms with Gasteiger partial charge in [0.2, 0.25) is 5.91 Å². The Bertz CT molecular complexity index is 1870. The number of carboxylic acid groups (broad SMARTS) is 1. The molecule has 0 aliphatic carbocycles. The van der Waals surface area contributed by atoms with Crippen molar-refractivity contribution in [2.24, 2.45) is 0 Å². The number of hydrogen-bond donors (Lipinski definition) is 9. The molecule has 0 saturated carbocycles. The summed E-state index contributed by atoms with van der Waals surface area (Å²) in [4.78, 5) is 50.8. The predicted molar refractivity (Wildman–Crippen MR) is 167 cm³/mol. The summed E-state index contributed by atoms with van der Waals surface area (Å²) in [5.41, 5.74) is 5.22. The molecule has 1 amide bonds. The number of aliphatic hydroxyl groups is 5. The van der Waals surface area contributed by atoms with Gasteiger partial charge in [-0.05, 0) is 30.3 Å². The zero-order chi connectivity index (χ0) is 38.1. The Labute approximate surface area is 291 Å². The number of phosphoric acid groups is 1. The van der Waals surface area contributed by atoms with Crippen LogP contribution < -0.4 is 16.7 Å². The first kappa shape index (κ1) is 39.0. The Morgan fingerprint density at radius 2 is 1.88 bits per heavy atom. The number of carbonyl (C=O) groups excluding carboxylic acids is 1. The maximum atomic E-state index is 13.3. The van der Waals surface area contributed by atoms with E-state index >= 15 is 0 Å². The van der Waals surface area contributed by atoms with Gasteiger partial charge in [-0.3, -0.25) is 13.9 Å². The van der Waals surface area contributed by atoms with Crippen molar-refractivity contribution in [2.75, 3.05) is 12.3 Å². The minimum Gasteiger partial charge on any atom is -0.477 e. The van der Waals surface area contributed by atoms with Crippen LogP contribution in [-0.4, -0.2) is 133 Å². The Morgan fingerprint density at radius 3 is 2.52 bits per heavy atom. The fourth-order valence-electron chi connectivity index (χ4n) is 5.65. The molecule has 24 heteroatoms. The number of rotatable bonds is 13. The maximum Gasteiger partial charge on any atom is 0.475 e. The number of hydrogen-bond acceptors (Lipinski definition) is 17. The van der Waals surface area contributed by atoms with E-state index in [4.69, 9.17) is 24.3 Å². The number of aliphatic hydroxyl groups excluding tert-OH is 5. The van der Waals surface area contributed by atoms with Crippen LogP contribution in [0.15, 0.2) is 47.5 Å². The first-order valence-corrected chi connectivity index (χ1v) is 16.8. The number of carbonyl (C=O) groups is 2. The fraction of sp³-hybridized carbons (Fsp3) is 0.500. The summed E-state index contributed by atoms with van der Waals surface area (Å²) < 4.78 is 49.0. The molecule has 0 radical (unpaired) electrons. The highest BCUT2D eigenvalue weighted by atomic mass is 31.2. The van der Waals surface area contributed by atoms with Crippen LogP contribution in [0.2, 0.25) is 0 Å². The monoisotopic (exact) mass is 759 g/mol. The van der Waals surface area contributed by atoms with Crippen LogP contribution in [0.4, 0.5) is 10.2 Å². The number of aromatic nitrogens is 5. The first-order chi connectivity index (χ1) is 24.4. The third-order valence-electron chi connectivity index (χ3n) is 8.18. The largest absolute Gasteiger partial charge is 0.477 e. The van der Waals surface area contributed by atoms with Crippen molar-refractivity contribution < 1.29 is 72.6 Å². The van der Waals surface area contributed by atoms with Crippen LogP contribution in [0.3, 0.4) is 0 Å². The standard InChI is InChI=1S/C28H35FN7O15P/c1-12(37)31-20-16(38)8-28(26(43)44,50-24(20)21(40)17(39)10-35-9-15(33-34-35)13-2-4-14(29)5-3-13)51-52(46,47)48-11-18-22(41)23(42)25(49-18)36-7-6-19(30)32-27(36)45/h2-7,9,16-18,20-25,38-42H,8,10-11H2,1H3,(H,31,37)(H,43,44)(H,46,47)(H2,30,32,45)/t16-,17+,18+,20+,21+,22+,23+,24+,25+,28+/m0/s1. The highest BCUT2D eigenvalue weighted by Crippen LogP contribution is 2.51. The molecule has 22 nitrogen and oxygen atoms in total. The topological polar surface area (TPSA) is 333 Å². The summed E-state index contributed by atoms with van der Waals surface area (Å²) in [6.07, 6.45) is -13.4. The van der Waals surface area contributed by atoms with Crippen molar-refractivity contribution in [1.82, 2.24) is 29.9 Å². The van der Waals surface area contributed by atoms with Gasteiger partial charge in [0.1, 0.15) is 54.0 Å². The second-order valence-electron chi connectivity index (χ2n) is 12.0. The maximum absolute atomic E-state index is 13.3.